The number of ether oxygens (including phenoxy) is 1. The molecule has 2 unspecified atom stereocenters. The van der Waals surface area contributed by atoms with E-state index < -0.39 is 0 Å². The minimum Gasteiger partial charge on any atom is -0.375 e. The summed E-state index contributed by atoms with van der Waals surface area (Å²) in [4.78, 5) is 2.06. The van der Waals surface area contributed by atoms with E-state index in [9.17, 15) is 4.39 Å². The predicted molar refractivity (Wildman–Crippen MR) is 71.2 cm³/mol. The number of benzene rings is 1. The highest BCUT2D eigenvalue weighted by Crippen LogP contribution is 2.30. The van der Waals surface area contributed by atoms with E-state index >= 15 is 0 Å². The quantitative estimate of drug-likeness (QED) is 0.898. The van der Waals surface area contributed by atoms with Gasteiger partial charge in [-0.1, -0.05) is 19.1 Å². The highest BCUT2D eigenvalue weighted by Gasteiger charge is 2.24. The van der Waals surface area contributed by atoms with Crippen molar-refractivity contribution >= 4 is 5.69 Å². The van der Waals surface area contributed by atoms with E-state index in [-0.39, 0.29) is 18.0 Å². The lowest BCUT2D eigenvalue weighted by molar-refractivity contribution is 0.0381. The average molecular weight is 252 g/mol. The summed E-state index contributed by atoms with van der Waals surface area (Å²) in [6, 6.07) is 4.95. The van der Waals surface area contributed by atoms with E-state index in [2.05, 4.69) is 11.8 Å². The van der Waals surface area contributed by atoms with Crippen molar-refractivity contribution in [3.8, 4) is 0 Å². The van der Waals surface area contributed by atoms with Gasteiger partial charge in [0.05, 0.1) is 18.4 Å². The number of halogens is 1. The first-order valence-electron chi connectivity index (χ1n) is 6.54. The number of hydrogen-bond acceptors (Lipinski definition) is 3. The van der Waals surface area contributed by atoms with Crippen molar-refractivity contribution < 1.29 is 9.13 Å². The maximum atomic E-state index is 14.1. The molecule has 0 bridgehead atoms. The summed E-state index contributed by atoms with van der Waals surface area (Å²) >= 11 is 0. The van der Waals surface area contributed by atoms with Gasteiger partial charge >= 0.3 is 0 Å². The molecule has 0 amide bonds. The zero-order valence-corrected chi connectivity index (χ0v) is 11.0. The molecule has 4 heteroatoms. The van der Waals surface area contributed by atoms with Gasteiger partial charge in [0.2, 0.25) is 0 Å². The Morgan fingerprint density at radius 2 is 2.33 bits per heavy atom. The van der Waals surface area contributed by atoms with Crippen molar-refractivity contribution in [1.29, 1.82) is 0 Å². The van der Waals surface area contributed by atoms with Crippen LogP contribution >= 0.6 is 0 Å². The van der Waals surface area contributed by atoms with E-state index in [1.54, 1.807) is 6.07 Å². The molecule has 2 N–H and O–H groups in total. The van der Waals surface area contributed by atoms with E-state index in [0.717, 1.165) is 25.1 Å². The highest BCUT2D eigenvalue weighted by molar-refractivity contribution is 5.56. The van der Waals surface area contributed by atoms with Crippen LogP contribution in [0.15, 0.2) is 18.2 Å². The second-order valence-electron chi connectivity index (χ2n) is 4.81. The second kappa shape index (κ2) is 5.67. The van der Waals surface area contributed by atoms with Crippen LogP contribution in [-0.2, 0) is 4.74 Å². The standard InChI is InChI=1S/C14H21FN2O/c1-3-11-9-17(7-8-18-11)14-12(10(2)16)5-4-6-13(14)15/h4-6,10-11H,3,7-9,16H2,1-2H3. The Labute approximate surface area is 108 Å². The Morgan fingerprint density at radius 1 is 1.56 bits per heavy atom. The van der Waals surface area contributed by atoms with Crippen LogP contribution in [0.5, 0.6) is 0 Å². The Kier molecular flexibility index (Phi) is 4.19. The maximum Gasteiger partial charge on any atom is 0.146 e. The van der Waals surface area contributed by atoms with Gasteiger partial charge in [-0.05, 0) is 25.0 Å². The molecule has 1 saturated heterocycles. The van der Waals surface area contributed by atoms with Crippen LogP contribution in [0, 0.1) is 5.82 Å². The minimum absolute atomic E-state index is 0.168. The van der Waals surface area contributed by atoms with Crippen LogP contribution in [0.1, 0.15) is 31.9 Å². The molecule has 0 saturated carbocycles. The van der Waals surface area contributed by atoms with Gasteiger partial charge in [-0.15, -0.1) is 0 Å². The topological polar surface area (TPSA) is 38.5 Å². The number of rotatable bonds is 3. The lowest BCUT2D eigenvalue weighted by Gasteiger charge is -2.36. The molecule has 2 rings (SSSR count). The average Bonchev–Trinajstić information content (AvgIpc) is 2.38. The predicted octanol–water partition coefficient (Wildman–Crippen LogP) is 2.46. The third-order valence-electron chi connectivity index (χ3n) is 3.42. The lowest BCUT2D eigenvalue weighted by atomic mass is 10.0. The van der Waals surface area contributed by atoms with Gasteiger partial charge < -0.3 is 15.4 Å². The fourth-order valence-corrected chi connectivity index (χ4v) is 2.40. The number of nitrogens with zero attached hydrogens (tertiary/aromatic N) is 1. The fourth-order valence-electron chi connectivity index (χ4n) is 2.40. The fraction of sp³-hybridized carbons (Fsp3) is 0.571. The SMILES string of the molecule is CCC1CN(c2c(F)cccc2C(C)N)CCO1. The van der Waals surface area contributed by atoms with Crippen LogP contribution in [-0.4, -0.2) is 25.8 Å². The van der Waals surface area contributed by atoms with Gasteiger partial charge in [-0.3, -0.25) is 0 Å². The monoisotopic (exact) mass is 252 g/mol. The van der Waals surface area contributed by atoms with Gasteiger partial charge in [0, 0.05) is 19.1 Å². The molecule has 1 fully saturated rings. The van der Waals surface area contributed by atoms with Crippen molar-refractivity contribution in [3.05, 3.63) is 29.6 Å². The number of anilines is 1. The molecule has 18 heavy (non-hydrogen) atoms. The van der Waals surface area contributed by atoms with Crippen molar-refractivity contribution in [2.75, 3.05) is 24.6 Å². The van der Waals surface area contributed by atoms with E-state index in [4.69, 9.17) is 10.5 Å². The van der Waals surface area contributed by atoms with E-state index in [0.29, 0.717) is 12.3 Å². The zero-order valence-electron chi connectivity index (χ0n) is 11.0. The molecule has 2 atom stereocenters. The van der Waals surface area contributed by atoms with Crippen LogP contribution < -0.4 is 10.6 Å². The molecular weight excluding hydrogens is 231 g/mol. The Bertz CT molecular complexity index is 409. The normalized spacial score (nSPS) is 22.0. The molecule has 1 aliphatic rings. The molecular formula is C14H21FN2O. The summed E-state index contributed by atoms with van der Waals surface area (Å²) in [5.41, 5.74) is 7.45. The minimum atomic E-state index is -0.193. The summed E-state index contributed by atoms with van der Waals surface area (Å²) in [7, 11) is 0. The first-order valence-corrected chi connectivity index (χ1v) is 6.54. The first kappa shape index (κ1) is 13.3. The highest BCUT2D eigenvalue weighted by atomic mass is 19.1. The van der Waals surface area contributed by atoms with Gasteiger partial charge in [-0.25, -0.2) is 4.39 Å². The molecule has 0 spiro atoms. The van der Waals surface area contributed by atoms with Gasteiger partial charge in [-0.2, -0.15) is 0 Å². The number of hydrogen-bond donors (Lipinski definition) is 1. The van der Waals surface area contributed by atoms with Crippen LogP contribution in [0.2, 0.25) is 0 Å². The molecule has 1 aromatic rings. The maximum absolute atomic E-state index is 14.1. The van der Waals surface area contributed by atoms with E-state index in [1.165, 1.54) is 6.07 Å². The summed E-state index contributed by atoms with van der Waals surface area (Å²) in [5, 5.41) is 0. The van der Waals surface area contributed by atoms with Crippen molar-refractivity contribution in [1.82, 2.24) is 0 Å². The molecule has 100 valence electrons. The third kappa shape index (κ3) is 2.65. The van der Waals surface area contributed by atoms with Gasteiger partial charge in [0.15, 0.2) is 0 Å². The first-order chi connectivity index (χ1) is 8.63. The Balaban J connectivity index is 2.31. The third-order valence-corrected chi connectivity index (χ3v) is 3.42. The summed E-state index contributed by atoms with van der Waals surface area (Å²) in [6.45, 7) is 6.07. The van der Waals surface area contributed by atoms with Crippen LogP contribution in [0.3, 0.4) is 0 Å². The van der Waals surface area contributed by atoms with E-state index in [1.807, 2.05) is 13.0 Å². The number of morpholine rings is 1. The molecule has 0 radical (unpaired) electrons. The molecule has 0 aromatic heterocycles. The molecule has 1 aromatic carbocycles. The summed E-state index contributed by atoms with van der Waals surface area (Å²) in [6.07, 6.45) is 1.12. The van der Waals surface area contributed by atoms with Gasteiger partial charge in [0.25, 0.3) is 0 Å². The molecule has 1 heterocycles. The largest absolute Gasteiger partial charge is 0.375 e. The molecule has 1 aliphatic heterocycles. The van der Waals surface area contributed by atoms with Crippen LogP contribution in [0.25, 0.3) is 0 Å². The van der Waals surface area contributed by atoms with Crippen molar-refractivity contribution in [2.45, 2.75) is 32.4 Å². The lowest BCUT2D eigenvalue weighted by Crippen LogP contribution is -2.43. The van der Waals surface area contributed by atoms with Crippen molar-refractivity contribution in [3.63, 3.8) is 0 Å². The van der Waals surface area contributed by atoms with Crippen molar-refractivity contribution in [2.24, 2.45) is 5.73 Å². The van der Waals surface area contributed by atoms with Crippen LogP contribution in [0.4, 0.5) is 10.1 Å². The number of nitrogens with two attached hydrogens (primary N) is 1. The summed E-state index contributed by atoms with van der Waals surface area (Å²) in [5.74, 6) is -0.193. The zero-order chi connectivity index (χ0) is 13.1. The molecule has 0 aliphatic carbocycles. The summed E-state index contributed by atoms with van der Waals surface area (Å²) < 4.78 is 19.7. The molecule has 3 nitrogen and oxygen atoms in total. The number of para-hydroxylation sites is 1. The smallest absolute Gasteiger partial charge is 0.146 e. The Morgan fingerprint density at radius 3 is 3.00 bits per heavy atom. The second-order valence-corrected chi connectivity index (χ2v) is 4.81. The Hall–Kier alpha value is -1.13. The van der Waals surface area contributed by atoms with Gasteiger partial charge in [0.1, 0.15) is 5.82 Å².